The van der Waals surface area contributed by atoms with Crippen molar-refractivity contribution in [3.05, 3.63) is 0 Å². The molecule has 0 radical (unpaired) electrons. The third-order valence-electron chi connectivity index (χ3n) is 11.9. The molecule has 0 saturated carbocycles. The van der Waals surface area contributed by atoms with Crippen LogP contribution in [0, 0.1) is 0 Å². The number of aliphatic hydroxyl groups is 2. The summed E-state index contributed by atoms with van der Waals surface area (Å²) in [6.45, 7) is 6.49. The van der Waals surface area contributed by atoms with Crippen LogP contribution in [0.3, 0.4) is 0 Å². The molecule has 3 N–H and O–H groups in total. The Hall–Kier alpha value is -1.14. The first kappa shape index (κ1) is 54.9. The van der Waals surface area contributed by atoms with Crippen molar-refractivity contribution < 1.29 is 24.5 Å². The van der Waals surface area contributed by atoms with E-state index in [4.69, 9.17) is 4.74 Å². The molecule has 0 bridgehead atoms. The third-order valence-corrected chi connectivity index (χ3v) is 11.9. The average Bonchev–Trinajstić information content (AvgIpc) is 3.19. The Kier molecular flexibility index (Phi) is 44.0. The van der Waals surface area contributed by atoms with Gasteiger partial charge < -0.3 is 20.3 Å². The first-order chi connectivity index (χ1) is 27.5. The van der Waals surface area contributed by atoms with Crippen molar-refractivity contribution in [1.82, 2.24) is 5.32 Å². The highest BCUT2D eigenvalue weighted by Gasteiger charge is 2.24. The molecule has 334 valence electrons. The summed E-state index contributed by atoms with van der Waals surface area (Å²) in [4.78, 5) is 26.0. The van der Waals surface area contributed by atoms with Gasteiger partial charge in [0.05, 0.1) is 25.2 Å². The molecule has 6 heteroatoms. The van der Waals surface area contributed by atoms with E-state index >= 15 is 0 Å². The highest BCUT2D eigenvalue weighted by molar-refractivity contribution is 5.77. The maximum Gasteiger partial charge on any atom is 0.306 e. The predicted octanol–water partition coefficient (Wildman–Crippen LogP) is 14.8. The summed E-state index contributed by atoms with van der Waals surface area (Å²) in [7, 11) is 0. The van der Waals surface area contributed by atoms with Crippen LogP contribution in [0.2, 0.25) is 0 Å². The minimum absolute atomic E-state index is 0.0871. The van der Waals surface area contributed by atoms with E-state index in [1.807, 2.05) is 0 Å². The molecule has 0 fully saturated rings. The van der Waals surface area contributed by atoms with Crippen molar-refractivity contribution in [2.45, 2.75) is 302 Å². The molecule has 0 spiro atoms. The van der Waals surface area contributed by atoms with Crippen LogP contribution in [0.5, 0.6) is 0 Å². The molecule has 3 unspecified atom stereocenters. The maximum atomic E-state index is 13.2. The zero-order valence-corrected chi connectivity index (χ0v) is 38.0. The summed E-state index contributed by atoms with van der Waals surface area (Å²) < 4.78 is 5.91. The Bertz CT molecular complexity index is 806. The number of aliphatic hydroxyl groups excluding tert-OH is 2. The predicted molar refractivity (Wildman–Crippen MR) is 241 cm³/mol. The summed E-state index contributed by atoms with van der Waals surface area (Å²) in [6.07, 6.45) is 47.3. The molecule has 3 atom stereocenters. The van der Waals surface area contributed by atoms with Gasteiger partial charge in [-0.2, -0.15) is 0 Å². The molecule has 6 nitrogen and oxygen atoms in total. The van der Waals surface area contributed by atoms with Gasteiger partial charge in [-0.1, -0.05) is 245 Å². The number of carbonyl (C=O) groups is 2. The van der Waals surface area contributed by atoms with Crippen molar-refractivity contribution in [3.8, 4) is 0 Å². The molecule has 0 aliphatic carbocycles. The fraction of sp³-hybridized carbons (Fsp3) is 0.960. The Balaban J connectivity index is 4.43. The average molecular weight is 794 g/mol. The standard InChI is InChI=1S/C50H99NO5/c1-4-7-10-13-16-19-22-23-24-25-26-28-30-33-36-39-42-48(53)47(45-52)51-49(54)44-46(41-38-35-32-29-27-20-17-14-11-8-5-2)56-50(55)43-40-37-34-31-21-18-15-12-9-6-3/h46-48,52-53H,4-45H2,1-3H3,(H,51,54). The van der Waals surface area contributed by atoms with Gasteiger partial charge in [0.1, 0.15) is 6.10 Å². The van der Waals surface area contributed by atoms with Gasteiger partial charge >= 0.3 is 5.97 Å². The molecule has 1 amide bonds. The van der Waals surface area contributed by atoms with Crippen molar-refractivity contribution in [2.75, 3.05) is 6.61 Å². The van der Waals surface area contributed by atoms with Crippen LogP contribution in [0.1, 0.15) is 284 Å². The van der Waals surface area contributed by atoms with Gasteiger partial charge in [-0.15, -0.1) is 0 Å². The minimum Gasteiger partial charge on any atom is -0.462 e. The number of rotatable bonds is 46. The highest BCUT2D eigenvalue weighted by Crippen LogP contribution is 2.19. The Labute approximate surface area is 349 Å². The largest absolute Gasteiger partial charge is 0.462 e. The highest BCUT2D eigenvalue weighted by atomic mass is 16.5. The molecule has 0 rings (SSSR count). The van der Waals surface area contributed by atoms with Crippen LogP contribution in [0.25, 0.3) is 0 Å². The molecule has 56 heavy (non-hydrogen) atoms. The smallest absolute Gasteiger partial charge is 0.306 e. The lowest BCUT2D eigenvalue weighted by molar-refractivity contribution is -0.151. The monoisotopic (exact) mass is 794 g/mol. The van der Waals surface area contributed by atoms with E-state index in [1.165, 1.54) is 193 Å². The molecule has 0 heterocycles. The van der Waals surface area contributed by atoms with Gasteiger partial charge in [-0.25, -0.2) is 0 Å². The fourth-order valence-corrected chi connectivity index (χ4v) is 8.08. The van der Waals surface area contributed by atoms with Crippen LogP contribution in [-0.2, 0) is 14.3 Å². The SMILES string of the molecule is CCCCCCCCCCCCCCCCCCC(O)C(CO)NC(=O)CC(CCCCCCCCCCCCC)OC(=O)CCCCCCCCCCCC. The van der Waals surface area contributed by atoms with Crippen LogP contribution in [0.15, 0.2) is 0 Å². The van der Waals surface area contributed by atoms with E-state index in [1.54, 1.807) is 0 Å². The fourth-order valence-electron chi connectivity index (χ4n) is 8.08. The van der Waals surface area contributed by atoms with Gasteiger partial charge in [0.25, 0.3) is 0 Å². The number of amides is 1. The third kappa shape index (κ3) is 39.7. The molecular formula is C50H99NO5. The molecule has 0 saturated heterocycles. The first-order valence-electron chi connectivity index (χ1n) is 25.3. The molecule has 0 aromatic rings. The summed E-state index contributed by atoms with van der Waals surface area (Å²) in [5, 5.41) is 23.7. The summed E-state index contributed by atoms with van der Waals surface area (Å²) in [6, 6.07) is -0.691. The Morgan fingerprint density at radius 1 is 0.446 bits per heavy atom. The topological polar surface area (TPSA) is 95.9 Å². The summed E-state index contributed by atoms with van der Waals surface area (Å²) in [5.74, 6) is -0.456. The number of unbranched alkanes of at least 4 members (excludes halogenated alkanes) is 34. The van der Waals surface area contributed by atoms with Gasteiger partial charge in [-0.3, -0.25) is 9.59 Å². The van der Waals surface area contributed by atoms with E-state index in [0.717, 1.165) is 44.9 Å². The van der Waals surface area contributed by atoms with E-state index in [0.29, 0.717) is 19.3 Å². The Morgan fingerprint density at radius 2 is 0.750 bits per heavy atom. The maximum absolute atomic E-state index is 13.2. The van der Waals surface area contributed by atoms with Crippen LogP contribution >= 0.6 is 0 Å². The lowest BCUT2D eigenvalue weighted by Gasteiger charge is -2.24. The lowest BCUT2D eigenvalue weighted by Crippen LogP contribution is -2.46. The number of carbonyl (C=O) groups excluding carboxylic acids is 2. The number of hydrogen-bond donors (Lipinski definition) is 3. The summed E-state index contributed by atoms with van der Waals surface area (Å²) in [5.41, 5.74) is 0. The van der Waals surface area contributed by atoms with Crippen LogP contribution in [-0.4, -0.2) is 46.9 Å². The van der Waals surface area contributed by atoms with E-state index in [9.17, 15) is 19.8 Å². The number of esters is 1. The quantitative estimate of drug-likeness (QED) is 0.0421. The number of ether oxygens (including phenoxy) is 1. The minimum atomic E-state index is -0.778. The van der Waals surface area contributed by atoms with Gasteiger partial charge in [0.2, 0.25) is 5.91 Å². The molecular weight excluding hydrogens is 695 g/mol. The second-order valence-corrected chi connectivity index (χ2v) is 17.6. The van der Waals surface area contributed by atoms with E-state index in [2.05, 4.69) is 26.1 Å². The second kappa shape index (κ2) is 45.0. The van der Waals surface area contributed by atoms with Gasteiger partial charge in [0, 0.05) is 6.42 Å². The Morgan fingerprint density at radius 3 is 1.09 bits per heavy atom. The number of nitrogens with one attached hydrogen (secondary N) is 1. The molecule has 0 aliphatic rings. The molecule has 0 aliphatic heterocycles. The van der Waals surface area contributed by atoms with Gasteiger partial charge in [-0.05, 0) is 25.7 Å². The molecule has 0 aromatic carbocycles. The van der Waals surface area contributed by atoms with Crippen LogP contribution < -0.4 is 5.32 Å². The lowest BCUT2D eigenvalue weighted by atomic mass is 10.0. The van der Waals surface area contributed by atoms with Crippen molar-refractivity contribution in [1.29, 1.82) is 0 Å². The van der Waals surface area contributed by atoms with Crippen molar-refractivity contribution in [2.24, 2.45) is 0 Å². The number of hydrogen-bond acceptors (Lipinski definition) is 5. The second-order valence-electron chi connectivity index (χ2n) is 17.6. The normalized spacial score (nSPS) is 13.2. The van der Waals surface area contributed by atoms with Crippen molar-refractivity contribution in [3.63, 3.8) is 0 Å². The van der Waals surface area contributed by atoms with E-state index < -0.39 is 18.2 Å². The zero-order chi connectivity index (χ0) is 41.0. The van der Waals surface area contributed by atoms with E-state index in [-0.39, 0.29) is 24.9 Å². The molecule has 0 aromatic heterocycles. The first-order valence-corrected chi connectivity index (χ1v) is 25.3. The van der Waals surface area contributed by atoms with Crippen molar-refractivity contribution >= 4 is 11.9 Å². The van der Waals surface area contributed by atoms with Crippen LogP contribution in [0.4, 0.5) is 0 Å². The summed E-state index contributed by atoms with van der Waals surface area (Å²) >= 11 is 0. The zero-order valence-electron chi connectivity index (χ0n) is 38.0. The van der Waals surface area contributed by atoms with Gasteiger partial charge in [0.15, 0.2) is 0 Å².